The van der Waals surface area contributed by atoms with E-state index in [0.29, 0.717) is 17.9 Å². The van der Waals surface area contributed by atoms with E-state index in [1.807, 2.05) is 25.6 Å². The van der Waals surface area contributed by atoms with Gasteiger partial charge >= 0.3 is 0 Å². The predicted octanol–water partition coefficient (Wildman–Crippen LogP) is 3.05. The zero-order valence-corrected chi connectivity index (χ0v) is 13.5. The molecule has 0 spiro atoms. The van der Waals surface area contributed by atoms with Crippen molar-refractivity contribution in [2.24, 2.45) is 13.0 Å². The van der Waals surface area contributed by atoms with E-state index in [1.54, 1.807) is 10.9 Å². The van der Waals surface area contributed by atoms with Crippen LogP contribution in [0.25, 0.3) is 11.0 Å². The molecule has 1 saturated carbocycles. The van der Waals surface area contributed by atoms with E-state index < -0.39 is 0 Å². The van der Waals surface area contributed by atoms with Gasteiger partial charge in [-0.05, 0) is 18.8 Å². The molecule has 3 aromatic heterocycles. The maximum atomic E-state index is 4.69. The van der Waals surface area contributed by atoms with Crippen molar-refractivity contribution in [1.29, 1.82) is 0 Å². The first-order valence-corrected chi connectivity index (χ1v) is 8.16. The van der Waals surface area contributed by atoms with Crippen LogP contribution in [-0.4, -0.2) is 29.5 Å². The van der Waals surface area contributed by atoms with Gasteiger partial charge in [-0.15, -0.1) is 0 Å². The van der Waals surface area contributed by atoms with E-state index >= 15 is 0 Å². The molecule has 7 heteroatoms. The van der Waals surface area contributed by atoms with Crippen LogP contribution in [-0.2, 0) is 7.05 Å². The molecule has 2 atom stereocenters. The molecule has 0 unspecified atom stereocenters. The van der Waals surface area contributed by atoms with Crippen molar-refractivity contribution in [3.8, 4) is 0 Å². The van der Waals surface area contributed by atoms with Gasteiger partial charge in [0, 0.05) is 19.4 Å². The number of fused-ring (bicyclic) bond motifs is 1. The van der Waals surface area contributed by atoms with Crippen molar-refractivity contribution in [3.63, 3.8) is 0 Å². The maximum absolute atomic E-state index is 4.69. The van der Waals surface area contributed by atoms with Crippen LogP contribution in [0.1, 0.15) is 38.6 Å². The van der Waals surface area contributed by atoms with Crippen LogP contribution in [0.2, 0.25) is 0 Å². The molecule has 1 fully saturated rings. The molecule has 0 aromatic carbocycles. The number of aromatic nitrogens is 6. The van der Waals surface area contributed by atoms with E-state index in [2.05, 4.69) is 32.1 Å². The molecular weight excluding hydrogens is 290 g/mol. The van der Waals surface area contributed by atoms with Gasteiger partial charge in [0.1, 0.15) is 0 Å². The molecule has 0 bridgehead atoms. The van der Waals surface area contributed by atoms with Crippen molar-refractivity contribution in [1.82, 2.24) is 29.5 Å². The Balaban J connectivity index is 1.68. The standard InChI is InChI=1S/C16H21N7/c1-11-5-3-4-6-14(11)23-15-12(8-19-23)7-17-16(21-15)20-13-9-18-22(2)10-13/h7-11,14H,3-6H2,1-2H3,(H,17,20,21)/t11-,14-/m1/s1. The quantitative estimate of drug-likeness (QED) is 0.804. The van der Waals surface area contributed by atoms with E-state index in [4.69, 9.17) is 4.98 Å². The molecule has 7 nitrogen and oxygen atoms in total. The number of nitrogens with zero attached hydrogens (tertiary/aromatic N) is 6. The minimum absolute atomic E-state index is 0.433. The highest BCUT2D eigenvalue weighted by Crippen LogP contribution is 2.34. The third-order valence-corrected chi connectivity index (χ3v) is 4.68. The molecule has 4 rings (SSSR count). The third-order valence-electron chi connectivity index (χ3n) is 4.68. The Bertz CT molecular complexity index is 819. The van der Waals surface area contributed by atoms with E-state index in [9.17, 15) is 0 Å². The topological polar surface area (TPSA) is 73.5 Å². The molecule has 1 aliphatic rings. The molecule has 120 valence electrons. The van der Waals surface area contributed by atoms with Gasteiger partial charge in [-0.25, -0.2) is 9.67 Å². The molecular formula is C16H21N7. The van der Waals surface area contributed by atoms with Gasteiger partial charge in [0.05, 0.1) is 29.5 Å². The summed E-state index contributed by atoms with van der Waals surface area (Å²) in [6.07, 6.45) is 12.4. The Morgan fingerprint density at radius 2 is 2.00 bits per heavy atom. The minimum atomic E-state index is 0.433. The smallest absolute Gasteiger partial charge is 0.229 e. The van der Waals surface area contributed by atoms with Crippen molar-refractivity contribution < 1.29 is 0 Å². The fraction of sp³-hybridized carbons (Fsp3) is 0.500. The SMILES string of the molecule is C[C@@H]1CCCC[C@H]1n1ncc2cnc(Nc3cnn(C)c3)nc21. The van der Waals surface area contributed by atoms with Crippen molar-refractivity contribution in [2.45, 2.75) is 38.6 Å². The summed E-state index contributed by atoms with van der Waals surface area (Å²) in [6, 6.07) is 0.433. The van der Waals surface area contributed by atoms with Crippen LogP contribution < -0.4 is 5.32 Å². The number of aryl methyl sites for hydroxylation is 1. The molecule has 3 aromatic rings. The first-order chi connectivity index (χ1) is 11.2. The van der Waals surface area contributed by atoms with Crippen LogP contribution in [0, 0.1) is 5.92 Å². The zero-order chi connectivity index (χ0) is 15.8. The lowest BCUT2D eigenvalue weighted by atomic mass is 9.86. The second-order valence-corrected chi connectivity index (χ2v) is 6.42. The average molecular weight is 311 g/mol. The number of rotatable bonds is 3. The molecule has 1 aliphatic carbocycles. The molecule has 0 saturated heterocycles. The summed E-state index contributed by atoms with van der Waals surface area (Å²) < 4.78 is 3.84. The molecule has 0 aliphatic heterocycles. The summed E-state index contributed by atoms with van der Waals surface area (Å²) >= 11 is 0. The molecule has 1 N–H and O–H groups in total. The van der Waals surface area contributed by atoms with Gasteiger partial charge in [-0.1, -0.05) is 19.8 Å². The lowest BCUT2D eigenvalue weighted by molar-refractivity contribution is 0.245. The Hall–Kier alpha value is -2.44. The lowest BCUT2D eigenvalue weighted by Gasteiger charge is -2.29. The molecule has 0 amide bonds. The summed E-state index contributed by atoms with van der Waals surface area (Å²) in [5.74, 6) is 1.22. The highest BCUT2D eigenvalue weighted by molar-refractivity contribution is 5.75. The van der Waals surface area contributed by atoms with Gasteiger partial charge in [-0.2, -0.15) is 15.2 Å². The Kier molecular flexibility index (Phi) is 3.48. The van der Waals surface area contributed by atoms with Crippen LogP contribution >= 0.6 is 0 Å². The minimum Gasteiger partial charge on any atom is -0.321 e. The number of anilines is 2. The van der Waals surface area contributed by atoms with Gasteiger partial charge in [0.15, 0.2) is 5.65 Å². The number of hydrogen-bond acceptors (Lipinski definition) is 5. The molecule has 3 heterocycles. The summed E-state index contributed by atoms with van der Waals surface area (Å²) in [7, 11) is 1.88. The largest absolute Gasteiger partial charge is 0.321 e. The van der Waals surface area contributed by atoms with Gasteiger partial charge in [0.25, 0.3) is 0 Å². The summed E-state index contributed by atoms with van der Waals surface area (Å²) in [5, 5.41) is 12.9. The third kappa shape index (κ3) is 2.67. The van der Waals surface area contributed by atoms with Crippen LogP contribution in [0.3, 0.4) is 0 Å². The monoisotopic (exact) mass is 311 g/mol. The highest BCUT2D eigenvalue weighted by atomic mass is 15.3. The van der Waals surface area contributed by atoms with E-state index in [0.717, 1.165) is 16.7 Å². The maximum Gasteiger partial charge on any atom is 0.229 e. The second kappa shape index (κ2) is 5.64. The predicted molar refractivity (Wildman–Crippen MR) is 88.5 cm³/mol. The van der Waals surface area contributed by atoms with Crippen molar-refractivity contribution >= 4 is 22.7 Å². The van der Waals surface area contributed by atoms with E-state index in [1.165, 1.54) is 25.7 Å². The van der Waals surface area contributed by atoms with E-state index in [-0.39, 0.29) is 0 Å². The number of nitrogens with one attached hydrogen (secondary N) is 1. The first kappa shape index (κ1) is 14.2. The zero-order valence-electron chi connectivity index (χ0n) is 13.5. The summed E-state index contributed by atoms with van der Waals surface area (Å²) in [4.78, 5) is 9.07. The normalized spacial score (nSPS) is 21.7. The van der Waals surface area contributed by atoms with Gasteiger partial charge < -0.3 is 5.32 Å². The van der Waals surface area contributed by atoms with Gasteiger partial charge in [0.2, 0.25) is 5.95 Å². The first-order valence-electron chi connectivity index (χ1n) is 8.16. The van der Waals surface area contributed by atoms with Crippen molar-refractivity contribution in [2.75, 3.05) is 5.32 Å². The second-order valence-electron chi connectivity index (χ2n) is 6.42. The van der Waals surface area contributed by atoms with Crippen LogP contribution in [0.5, 0.6) is 0 Å². The van der Waals surface area contributed by atoms with Crippen molar-refractivity contribution in [3.05, 3.63) is 24.8 Å². The number of hydrogen-bond donors (Lipinski definition) is 1. The summed E-state index contributed by atoms with van der Waals surface area (Å²) in [5.41, 5.74) is 1.79. The Labute approximate surface area is 134 Å². The average Bonchev–Trinajstić information content (AvgIpc) is 3.14. The fourth-order valence-electron chi connectivity index (χ4n) is 3.41. The Morgan fingerprint density at radius 3 is 2.78 bits per heavy atom. The summed E-state index contributed by atoms with van der Waals surface area (Å²) in [6.45, 7) is 2.31. The van der Waals surface area contributed by atoms with Crippen LogP contribution in [0.4, 0.5) is 11.6 Å². The lowest BCUT2D eigenvalue weighted by Crippen LogP contribution is -2.22. The highest BCUT2D eigenvalue weighted by Gasteiger charge is 2.25. The Morgan fingerprint density at radius 1 is 1.13 bits per heavy atom. The molecule has 0 radical (unpaired) electrons. The fourth-order valence-corrected chi connectivity index (χ4v) is 3.41. The van der Waals surface area contributed by atoms with Gasteiger partial charge in [-0.3, -0.25) is 4.68 Å². The van der Waals surface area contributed by atoms with Crippen LogP contribution in [0.15, 0.2) is 24.8 Å². The molecule has 23 heavy (non-hydrogen) atoms.